The van der Waals surface area contributed by atoms with E-state index in [-0.39, 0.29) is 11.7 Å². The summed E-state index contributed by atoms with van der Waals surface area (Å²) in [6.07, 6.45) is -7.70. The van der Waals surface area contributed by atoms with E-state index in [9.17, 15) is 19.2 Å². The fraction of sp³-hybridized carbons (Fsp3) is 0.385. The molecule has 0 aliphatic carbocycles. The van der Waals surface area contributed by atoms with E-state index in [1.807, 2.05) is 6.07 Å². The molecule has 1 aliphatic heterocycles. The second kappa shape index (κ2) is 12.3. The van der Waals surface area contributed by atoms with Crippen LogP contribution in [0.15, 0.2) is 48.5 Å². The molecule has 2 aromatic rings. The first-order valence-electron chi connectivity index (χ1n) is 11.5. The van der Waals surface area contributed by atoms with Gasteiger partial charge in [0.15, 0.2) is 12.2 Å². The topological polar surface area (TPSA) is 126 Å². The SMILES string of the molecule is CNC(=O)c1cccc(-c2ccc(O[C@H]3O[C@H](COC(C)=O)[C@@H](OC(C)=O)[C@H](OC(C)=O)C3F)cc2)c1. The molecule has 0 bridgehead atoms. The van der Waals surface area contributed by atoms with E-state index in [0.29, 0.717) is 5.56 Å². The first-order chi connectivity index (χ1) is 17.6. The number of carbonyl (C=O) groups excluding carboxylic acids is 4. The Labute approximate surface area is 213 Å². The number of carbonyl (C=O) groups is 4. The van der Waals surface area contributed by atoms with E-state index in [4.69, 9.17) is 23.7 Å². The van der Waals surface area contributed by atoms with Gasteiger partial charge in [0.2, 0.25) is 12.5 Å². The van der Waals surface area contributed by atoms with Crippen molar-refractivity contribution in [1.82, 2.24) is 5.32 Å². The molecule has 1 unspecified atom stereocenters. The summed E-state index contributed by atoms with van der Waals surface area (Å²) < 4.78 is 42.1. The zero-order chi connectivity index (χ0) is 27.1. The molecule has 11 heteroatoms. The van der Waals surface area contributed by atoms with Crippen LogP contribution in [0.3, 0.4) is 0 Å². The summed E-state index contributed by atoms with van der Waals surface area (Å²) >= 11 is 0. The molecule has 0 radical (unpaired) electrons. The van der Waals surface area contributed by atoms with Crippen molar-refractivity contribution in [3.8, 4) is 16.9 Å². The summed E-state index contributed by atoms with van der Waals surface area (Å²) in [5, 5.41) is 2.57. The summed E-state index contributed by atoms with van der Waals surface area (Å²) in [6, 6.07) is 13.6. The predicted molar refractivity (Wildman–Crippen MR) is 127 cm³/mol. The van der Waals surface area contributed by atoms with Crippen molar-refractivity contribution in [3.05, 3.63) is 54.1 Å². The van der Waals surface area contributed by atoms with Crippen LogP contribution >= 0.6 is 0 Å². The van der Waals surface area contributed by atoms with Crippen LogP contribution < -0.4 is 10.1 Å². The van der Waals surface area contributed by atoms with Gasteiger partial charge < -0.3 is 29.0 Å². The Bertz CT molecular complexity index is 1140. The number of hydrogen-bond donors (Lipinski definition) is 1. The third-order valence-corrected chi connectivity index (χ3v) is 5.42. The minimum atomic E-state index is -2.04. The molecule has 0 aromatic heterocycles. The largest absolute Gasteiger partial charge is 0.463 e. The van der Waals surface area contributed by atoms with E-state index >= 15 is 4.39 Å². The number of halogens is 1. The summed E-state index contributed by atoms with van der Waals surface area (Å²) in [5.41, 5.74) is 2.05. The van der Waals surface area contributed by atoms with Crippen molar-refractivity contribution in [2.45, 2.75) is 51.5 Å². The van der Waals surface area contributed by atoms with Crippen molar-refractivity contribution in [2.75, 3.05) is 13.7 Å². The Morgan fingerprint density at radius 2 is 1.54 bits per heavy atom. The highest BCUT2D eigenvalue weighted by atomic mass is 19.1. The molecule has 0 spiro atoms. The maximum absolute atomic E-state index is 15.5. The lowest BCUT2D eigenvalue weighted by Gasteiger charge is -2.41. The van der Waals surface area contributed by atoms with Crippen LogP contribution in [0.2, 0.25) is 0 Å². The maximum Gasteiger partial charge on any atom is 0.303 e. The molecule has 2 aromatic carbocycles. The molecule has 1 saturated heterocycles. The van der Waals surface area contributed by atoms with E-state index in [1.54, 1.807) is 49.5 Å². The number of esters is 3. The van der Waals surface area contributed by atoms with E-state index in [1.165, 1.54) is 6.92 Å². The van der Waals surface area contributed by atoms with Gasteiger partial charge in [0.1, 0.15) is 18.5 Å². The fourth-order valence-corrected chi connectivity index (χ4v) is 3.80. The van der Waals surface area contributed by atoms with Gasteiger partial charge in [-0.3, -0.25) is 19.2 Å². The summed E-state index contributed by atoms with van der Waals surface area (Å²) in [5.74, 6) is -2.19. The smallest absolute Gasteiger partial charge is 0.303 e. The Morgan fingerprint density at radius 1 is 0.892 bits per heavy atom. The molecule has 198 valence electrons. The molecule has 37 heavy (non-hydrogen) atoms. The van der Waals surface area contributed by atoms with Gasteiger partial charge in [-0.1, -0.05) is 24.3 Å². The number of alkyl halides is 1. The van der Waals surface area contributed by atoms with E-state index in [2.05, 4.69) is 5.32 Å². The first kappa shape index (κ1) is 27.6. The van der Waals surface area contributed by atoms with Crippen molar-refractivity contribution >= 4 is 23.8 Å². The van der Waals surface area contributed by atoms with Gasteiger partial charge in [0.25, 0.3) is 5.91 Å². The molecular formula is C26H28FNO9. The zero-order valence-corrected chi connectivity index (χ0v) is 20.8. The molecule has 1 heterocycles. The van der Waals surface area contributed by atoms with Gasteiger partial charge >= 0.3 is 17.9 Å². The number of benzene rings is 2. The Morgan fingerprint density at radius 3 is 2.14 bits per heavy atom. The molecule has 10 nitrogen and oxygen atoms in total. The lowest BCUT2D eigenvalue weighted by molar-refractivity contribution is -0.271. The van der Waals surface area contributed by atoms with Gasteiger partial charge in [-0.05, 0) is 35.4 Å². The van der Waals surface area contributed by atoms with Crippen LogP contribution in [0.25, 0.3) is 11.1 Å². The predicted octanol–water partition coefficient (Wildman–Crippen LogP) is 2.58. The normalized spacial score (nSPS) is 22.9. The average molecular weight is 518 g/mol. The van der Waals surface area contributed by atoms with Crippen LogP contribution in [0, 0.1) is 0 Å². The van der Waals surface area contributed by atoms with Crippen LogP contribution in [0.5, 0.6) is 5.75 Å². The maximum atomic E-state index is 15.5. The molecule has 1 amide bonds. The van der Waals surface area contributed by atoms with Crippen LogP contribution in [-0.2, 0) is 33.3 Å². The van der Waals surface area contributed by atoms with Crippen molar-refractivity contribution in [3.63, 3.8) is 0 Å². The van der Waals surface area contributed by atoms with E-state index in [0.717, 1.165) is 25.0 Å². The van der Waals surface area contributed by atoms with Crippen molar-refractivity contribution in [2.24, 2.45) is 0 Å². The minimum Gasteiger partial charge on any atom is -0.463 e. The van der Waals surface area contributed by atoms with Crippen molar-refractivity contribution < 1.29 is 47.3 Å². The number of nitrogens with one attached hydrogen (secondary N) is 1. The Hall–Kier alpha value is -3.99. The monoisotopic (exact) mass is 517 g/mol. The Kier molecular flexibility index (Phi) is 9.18. The summed E-state index contributed by atoms with van der Waals surface area (Å²) in [6.45, 7) is 2.97. The quantitative estimate of drug-likeness (QED) is 0.415. The molecule has 1 fully saturated rings. The molecule has 5 atom stereocenters. The third kappa shape index (κ3) is 7.26. The van der Waals surface area contributed by atoms with Crippen LogP contribution in [0.4, 0.5) is 4.39 Å². The number of rotatable bonds is 8. The average Bonchev–Trinajstić information content (AvgIpc) is 2.86. The van der Waals surface area contributed by atoms with Gasteiger partial charge in [0.05, 0.1) is 0 Å². The molecule has 3 rings (SSSR count). The Balaban J connectivity index is 1.82. The van der Waals surface area contributed by atoms with Crippen LogP contribution in [-0.4, -0.2) is 68.2 Å². The second-order valence-electron chi connectivity index (χ2n) is 8.24. The lowest BCUT2D eigenvalue weighted by Crippen LogP contribution is -2.61. The fourth-order valence-electron chi connectivity index (χ4n) is 3.80. The number of hydrogen-bond acceptors (Lipinski definition) is 9. The molecule has 0 saturated carbocycles. The third-order valence-electron chi connectivity index (χ3n) is 5.42. The van der Waals surface area contributed by atoms with Crippen LogP contribution in [0.1, 0.15) is 31.1 Å². The van der Waals surface area contributed by atoms with Gasteiger partial charge in [-0.2, -0.15) is 0 Å². The highest BCUT2D eigenvalue weighted by Crippen LogP contribution is 2.31. The number of ether oxygens (including phenoxy) is 5. The van der Waals surface area contributed by atoms with Gasteiger partial charge in [-0.15, -0.1) is 0 Å². The van der Waals surface area contributed by atoms with E-state index < -0.39 is 55.3 Å². The highest BCUT2D eigenvalue weighted by molar-refractivity contribution is 5.95. The standard InChI is InChI=1S/C26H28FNO9/c1-14(29)33-13-21-23(34-15(2)30)24(35-16(3)31)22(27)26(37-21)36-20-10-8-17(9-11-20)18-6-5-7-19(12-18)25(32)28-4/h5-12,21-24,26H,13H2,1-4H3,(H,28,32)/t21-,22?,23-,24-,26+/m1/s1. The summed E-state index contributed by atoms with van der Waals surface area (Å²) in [7, 11) is 1.55. The molecular weight excluding hydrogens is 489 g/mol. The molecule has 1 N–H and O–H groups in total. The van der Waals surface area contributed by atoms with Gasteiger partial charge in [-0.25, -0.2) is 4.39 Å². The highest BCUT2D eigenvalue weighted by Gasteiger charge is 2.52. The molecule has 1 aliphatic rings. The van der Waals surface area contributed by atoms with Crippen molar-refractivity contribution in [1.29, 1.82) is 0 Å². The van der Waals surface area contributed by atoms with Gasteiger partial charge in [0, 0.05) is 33.4 Å². The second-order valence-corrected chi connectivity index (χ2v) is 8.24. The first-order valence-corrected chi connectivity index (χ1v) is 11.5. The zero-order valence-electron chi connectivity index (χ0n) is 20.8. The summed E-state index contributed by atoms with van der Waals surface area (Å²) in [4.78, 5) is 46.6. The number of amides is 1. The lowest BCUT2D eigenvalue weighted by atomic mass is 9.99. The minimum absolute atomic E-state index is 0.220.